The highest BCUT2D eigenvalue weighted by molar-refractivity contribution is 5.92. The van der Waals surface area contributed by atoms with Crippen molar-refractivity contribution in [3.8, 4) is 5.75 Å². The number of nitrogens with one attached hydrogen (secondary N) is 1. The molecule has 0 saturated heterocycles. The number of aromatic nitrogens is 2. The summed E-state index contributed by atoms with van der Waals surface area (Å²) in [6.07, 6.45) is 0. The summed E-state index contributed by atoms with van der Waals surface area (Å²) in [4.78, 5) is 4.30. The number of hydrogen-bond acceptors (Lipinski definition) is 3. The van der Waals surface area contributed by atoms with E-state index >= 15 is 0 Å². The first-order chi connectivity index (χ1) is 9.58. The lowest BCUT2D eigenvalue weighted by molar-refractivity contribution is 0.415. The normalized spacial score (nSPS) is 11.4. The molecule has 3 N–H and O–H groups in total. The summed E-state index contributed by atoms with van der Waals surface area (Å²) < 4.78 is 6.96. The maximum atomic E-state index is 5.87. The van der Waals surface area contributed by atoms with E-state index in [0.29, 0.717) is 12.5 Å². The molecule has 6 heteroatoms. The average Bonchev–Trinajstić information content (AvgIpc) is 2.75. The zero-order valence-electron chi connectivity index (χ0n) is 11.9. The Balaban J connectivity index is 2.02. The van der Waals surface area contributed by atoms with Crippen molar-refractivity contribution in [1.82, 2.24) is 9.78 Å². The number of aliphatic imine (C=N–C) groups is 1. The molecule has 0 aliphatic heterocycles. The molecule has 0 aliphatic rings. The minimum atomic E-state index is 0.358. The van der Waals surface area contributed by atoms with Gasteiger partial charge in [-0.1, -0.05) is 6.07 Å². The first-order valence-electron chi connectivity index (χ1n) is 6.29. The van der Waals surface area contributed by atoms with Crippen LogP contribution in [0.4, 0.5) is 5.69 Å². The molecule has 1 heterocycles. The summed E-state index contributed by atoms with van der Waals surface area (Å²) in [6.45, 7) is 2.44. The van der Waals surface area contributed by atoms with Gasteiger partial charge in [-0.15, -0.1) is 0 Å². The third kappa shape index (κ3) is 3.50. The third-order valence-corrected chi connectivity index (χ3v) is 2.85. The van der Waals surface area contributed by atoms with E-state index in [1.807, 2.05) is 44.3 Å². The number of anilines is 1. The number of benzene rings is 1. The molecule has 0 fully saturated rings. The van der Waals surface area contributed by atoms with Gasteiger partial charge in [0.05, 0.1) is 25.0 Å². The van der Waals surface area contributed by atoms with Gasteiger partial charge in [0.25, 0.3) is 0 Å². The Labute approximate surface area is 118 Å². The van der Waals surface area contributed by atoms with Crippen molar-refractivity contribution in [2.45, 2.75) is 13.5 Å². The zero-order valence-corrected chi connectivity index (χ0v) is 11.9. The van der Waals surface area contributed by atoms with Crippen LogP contribution < -0.4 is 15.8 Å². The van der Waals surface area contributed by atoms with Crippen LogP contribution in [0.2, 0.25) is 0 Å². The fourth-order valence-electron chi connectivity index (χ4n) is 1.87. The summed E-state index contributed by atoms with van der Waals surface area (Å²) in [5.74, 6) is 1.13. The molecular formula is C14H19N5O. The highest BCUT2D eigenvalue weighted by atomic mass is 16.5. The fourth-order valence-corrected chi connectivity index (χ4v) is 1.87. The number of rotatable bonds is 4. The molecule has 0 atom stereocenters. The molecule has 6 nitrogen and oxygen atoms in total. The van der Waals surface area contributed by atoms with Gasteiger partial charge < -0.3 is 15.8 Å². The summed E-state index contributed by atoms with van der Waals surface area (Å²) in [6, 6.07) is 9.51. The number of guanidine groups is 1. The highest BCUT2D eigenvalue weighted by Crippen LogP contribution is 2.16. The van der Waals surface area contributed by atoms with Crippen molar-refractivity contribution < 1.29 is 4.74 Å². The van der Waals surface area contributed by atoms with Crippen LogP contribution in [0.15, 0.2) is 35.3 Å². The Morgan fingerprint density at radius 1 is 1.45 bits per heavy atom. The predicted octanol–water partition coefficient (Wildman–Crippen LogP) is 1.66. The van der Waals surface area contributed by atoms with Gasteiger partial charge >= 0.3 is 0 Å². The number of nitrogens with two attached hydrogens (primary N) is 1. The predicted molar refractivity (Wildman–Crippen MR) is 79.9 cm³/mol. The molecule has 0 bridgehead atoms. The van der Waals surface area contributed by atoms with Gasteiger partial charge in [-0.3, -0.25) is 4.68 Å². The summed E-state index contributed by atoms with van der Waals surface area (Å²) in [7, 11) is 3.52. The van der Waals surface area contributed by atoms with Crippen LogP contribution in [0, 0.1) is 6.92 Å². The lowest BCUT2D eigenvalue weighted by atomic mass is 10.3. The Kier molecular flexibility index (Phi) is 4.24. The minimum absolute atomic E-state index is 0.358. The van der Waals surface area contributed by atoms with Crippen molar-refractivity contribution in [1.29, 1.82) is 0 Å². The molecule has 0 aliphatic carbocycles. The number of aryl methyl sites for hydroxylation is 2. The molecular weight excluding hydrogens is 254 g/mol. The van der Waals surface area contributed by atoms with Gasteiger partial charge in [0.1, 0.15) is 5.75 Å². The topological polar surface area (TPSA) is 77.5 Å². The first-order valence-corrected chi connectivity index (χ1v) is 6.29. The molecule has 106 valence electrons. The lowest BCUT2D eigenvalue weighted by Crippen LogP contribution is -2.22. The molecule has 0 unspecified atom stereocenters. The van der Waals surface area contributed by atoms with Crippen LogP contribution >= 0.6 is 0 Å². The second-order valence-electron chi connectivity index (χ2n) is 4.46. The van der Waals surface area contributed by atoms with E-state index in [1.165, 1.54) is 0 Å². The second kappa shape index (κ2) is 6.10. The SMILES string of the molecule is COc1cccc(NC(N)=NCc2cc(C)nn2C)c1. The average molecular weight is 273 g/mol. The van der Waals surface area contributed by atoms with Crippen LogP contribution in [-0.4, -0.2) is 22.8 Å². The van der Waals surface area contributed by atoms with Crippen molar-refractivity contribution in [3.63, 3.8) is 0 Å². The van der Waals surface area contributed by atoms with Crippen molar-refractivity contribution in [2.75, 3.05) is 12.4 Å². The van der Waals surface area contributed by atoms with Crippen LogP contribution in [0.25, 0.3) is 0 Å². The largest absolute Gasteiger partial charge is 0.497 e. The molecule has 2 aromatic rings. The second-order valence-corrected chi connectivity index (χ2v) is 4.46. The van der Waals surface area contributed by atoms with E-state index in [4.69, 9.17) is 10.5 Å². The van der Waals surface area contributed by atoms with E-state index in [-0.39, 0.29) is 0 Å². The van der Waals surface area contributed by atoms with Crippen molar-refractivity contribution in [3.05, 3.63) is 41.7 Å². The van der Waals surface area contributed by atoms with Gasteiger partial charge in [0, 0.05) is 18.8 Å². The smallest absolute Gasteiger partial charge is 0.193 e. The van der Waals surface area contributed by atoms with Crippen LogP contribution in [0.3, 0.4) is 0 Å². The summed E-state index contributed by atoms with van der Waals surface area (Å²) >= 11 is 0. The fraction of sp³-hybridized carbons (Fsp3) is 0.286. The maximum absolute atomic E-state index is 5.87. The monoisotopic (exact) mass is 273 g/mol. The van der Waals surface area contributed by atoms with E-state index in [2.05, 4.69) is 15.4 Å². The molecule has 1 aromatic heterocycles. The number of hydrogen-bond donors (Lipinski definition) is 2. The molecule has 1 aromatic carbocycles. The molecule has 20 heavy (non-hydrogen) atoms. The van der Waals surface area contributed by atoms with Crippen molar-refractivity contribution in [2.24, 2.45) is 17.8 Å². The van der Waals surface area contributed by atoms with Gasteiger partial charge in [0.15, 0.2) is 5.96 Å². The summed E-state index contributed by atoms with van der Waals surface area (Å²) in [5, 5.41) is 7.30. The maximum Gasteiger partial charge on any atom is 0.193 e. The van der Waals surface area contributed by atoms with Gasteiger partial charge in [-0.25, -0.2) is 4.99 Å². The quantitative estimate of drug-likeness (QED) is 0.656. The minimum Gasteiger partial charge on any atom is -0.497 e. The molecule has 0 saturated carbocycles. The lowest BCUT2D eigenvalue weighted by Gasteiger charge is -2.07. The van der Waals surface area contributed by atoms with Crippen LogP contribution in [0.1, 0.15) is 11.4 Å². The first kappa shape index (κ1) is 13.9. The third-order valence-electron chi connectivity index (χ3n) is 2.85. The number of methoxy groups -OCH3 is 1. The Hall–Kier alpha value is -2.50. The number of ether oxygens (including phenoxy) is 1. The van der Waals surface area contributed by atoms with E-state index < -0.39 is 0 Å². The van der Waals surface area contributed by atoms with E-state index in [0.717, 1.165) is 22.8 Å². The van der Waals surface area contributed by atoms with Gasteiger partial charge in [-0.05, 0) is 25.1 Å². The molecule has 2 rings (SSSR count). The van der Waals surface area contributed by atoms with E-state index in [1.54, 1.807) is 11.8 Å². The van der Waals surface area contributed by atoms with E-state index in [9.17, 15) is 0 Å². The zero-order chi connectivity index (χ0) is 14.5. The summed E-state index contributed by atoms with van der Waals surface area (Å²) in [5.41, 5.74) is 8.69. The van der Waals surface area contributed by atoms with Gasteiger partial charge in [0.2, 0.25) is 0 Å². The van der Waals surface area contributed by atoms with Crippen molar-refractivity contribution >= 4 is 11.6 Å². The van der Waals surface area contributed by atoms with Crippen LogP contribution in [-0.2, 0) is 13.6 Å². The molecule has 0 amide bonds. The van der Waals surface area contributed by atoms with Crippen LogP contribution in [0.5, 0.6) is 5.75 Å². The Morgan fingerprint density at radius 2 is 2.25 bits per heavy atom. The molecule has 0 spiro atoms. The van der Waals surface area contributed by atoms with Gasteiger partial charge in [-0.2, -0.15) is 5.10 Å². The Morgan fingerprint density at radius 3 is 2.90 bits per heavy atom. The standard InChI is InChI=1S/C14H19N5O/c1-10-7-12(19(2)18-10)9-16-14(15)17-11-5-4-6-13(8-11)20-3/h4-8H,9H2,1-3H3,(H3,15,16,17). The highest BCUT2D eigenvalue weighted by Gasteiger charge is 2.02. The Bertz CT molecular complexity index is 618. The number of nitrogens with zero attached hydrogens (tertiary/aromatic N) is 3. The molecule has 0 radical (unpaired) electrons.